The molecule has 4 heteroatoms. The second-order valence-corrected chi connectivity index (χ2v) is 3.74. The molecule has 0 heterocycles. The Balaban J connectivity index is 2.14. The lowest BCUT2D eigenvalue weighted by molar-refractivity contribution is 0.357. The number of aromatic hydroxyl groups is 1. The van der Waals surface area contributed by atoms with Crippen molar-refractivity contribution in [2.75, 3.05) is 12.0 Å². The number of phenols is 1. The van der Waals surface area contributed by atoms with Gasteiger partial charge in [-0.3, -0.25) is 5.43 Å². The van der Waals surface area contributed by atoms with E-state index in [1.165, 1.54) is 0 Å². The van der Waals surface area contributed by atoms with Gasteiger partial charge in [-0.1, -0.05) is 30.3 Å². The van der Waals surface area contributed by atoms with Crippen LogP contribution < -0.4 is 5.43 Å². The van der Waals surface area contributed by atoms with Crippen molar-refractivity contribution in [1.29, 1.82) is 0 Å². The Labute approximate surface area is 105 Å². The Kier molecular flexibility index (Phi) is 3.94. The fourth-order valence-corrected chi connectivity index (χ4v) is 1.49. The summed E-state index contributed by atoms with van der Waals surface area (Å²) in [4.78, 5) is 0. The number of benzene rings is 2. The highest BCUT2D eigenvalue weighted by molar-refractivity contribution is 6.01. The van der Waals surface area contributed by atoms with Gasteiger partial charge in [0, 0.05) is 5.56 Å². The number of anilines is 1. The lowest BCUT2D eigenvalue weighted by atomic mass is 10.1. The molecule has 0 unspecified atom stereocenters. The first-order valence-electron chi connectivity index (χ1n) is 5.57. The molecule has 0 aliphatic rings. The zero-order valence-electron chi connectivity index (χ0n) is 9.74. The van der Waals surface area contributed by atoms with Crippen molar-refractivity contribution in [2.45, 2.75) is 0 Å². The number of nitrogens with zero attached hydrogens (tertiary/aromatic N) is 1. The molecule has 0 bridgehead atoms. The van der Waals surface area contributed by atoms with Gasteiger partial charge in [-0.15, -0.1) is 0 Å². The van der Waals surface area contributed by atoms with Crippen molar-refractivity contribution in [3.63, 3.8) is 0 Å². The molecule has 3 N–H and O–H groups in total. The Morgan fingerprint density at radius 3 is 2.28 bits per heavy atom. The minimum Gasteiger partial charge on any atom is -0.508 e. The van der Waals surface area contributed by atoms with E-state index in [9.17, 15) is 5.11 Å². The Morgan fingerprint density at radius 2 is 1.67 bits per heavy atom. The molecule has 0 atom stereocenters. The molecule has 18 heavy (non-hydrogen) atoms. The molecule has 0 saturated carbocycles. The number of hydrazone groups is 1. The first-order chi connectivity index (χ1) is 8.79. The van der Waals surface area contributed by atoms with Crippen LogP contribution in [-0.2, 0) is 0 Å². The van der Waals surface area contributed by atoms with E-state index in [2.05, 4.69) is 10.5 Å². The van der Waals surface area contributed by atoms with Gasteiger partial charge in [0.1, 0.15) is 5.75 Å². The van der Waals surface area contributed by atoms with Crippen molar-refractivity contribution in [3.05, 3.63) is 60.2 Å². The maximum atomic E-state index is 9.29. The van der Waals surface area contributed by atoms with Crippen LogP contribution in [0.25, 0.3) is 0 Å². The third-order valence-corrected chi connectivity index (χ3v) is 2.44. The van der Waals surface area contributed by atoms with Crippen molar-refractivity contribution < 1.29 is 10.2 Å². The molecule has 0 fully saturated rings. The second-order valence-electron chi connectivity index (χ2n) is 3.74. The minimum absolute atomic E-state index is 0.144. The lowest BCUT2D eigenvalue weighted by Crippen LogP contribution is -2.09. The summed E-state index contributed by atoms with van der Waals surface area (Å²) < 4.78 is 0. The van der Waals surface area contributed by atoms with E-state index in [-0.39, 0.29) is 12.4 Å². The normalized spacial score (nSPS) is 11.3. The largest absolute Gasteiger partial charge is 0.508 e. The summed E-state index contributed by atoms with van der Waals surface area (Å²) in [6.07, 6.45) is 0. The van der Waals surface area contributed by atoms with Crippen molar-refractivity contribution >= 4 is 11.4 Å². The molecule has 4 nitrogen and oxygen atoms in total. The van der Waals surface area contributed by atoms with Gasteiger partial charge >= 0.3 is 0 Å². The minimum atomic E-state index is -0.144. The van der Waals surface area contributed by atoms with Crippen molar-refractivity contribution in [3.8, 4) is 5.75 Å². The predicted molar refractivity (Wildman–Crippen MR) is 71.8 cm³/mol. The zero-order valence-corrected chi connectivity index (χ0v) is 9.74. The summed E-state index contributed by atoms with van der Waals surface area (Å²) >= 11 is 0. The summed E-state index contributed by atoms with van der Waals surface area (Å²) in [6.45, 7) is -0.144. The maximum Gasteiger partial charge on any atom is 0.115 e. The second kappa shape index (κ2) is 5.84. The molecule has 92 valence electrons. The van der Waals surface area contributed by atoms with Gasteiger partial charge in [0.25, 0.3) is 0 Å². The molecule has 0 radical (unpaired) electrons. The monoisotopic (exact) mass is 242 g/mol. The van der Waals surface area contributed by atoms with Gasteiger partial charge in [0.05, 0.1) is 18.0 Å². The molecular weight excluding hydrogens is 228 g/mol. The summed E-state index contributed by atoms with van der Waals surface area (Å²) in [6, 6.07) is 16.0. The highest BCUT2D eigenvalue weighted by Crippen LogP contribution is 2.13. The van der Waals surface area contributed by atoms with Crippen LogP contribution in [0.5, 0.6) is 5.75 Å². The number of hydrogen-bond donors (Lipinski definition) is 3. The molecule has 0 amide bonds. The molecule has 0 aliphatic carbocycles. The number of nitrogens with one attached hydrogen (secondary N) is 1. The van der Waals surface area contributed by atoms with E-state index in [0.29, 0.717) is 5.71 Å². The van der Waals surface area contributed by atoms with E-state index in [1.54, 1.807) is 24.3 Å². The Morgan fingerprint density at radius 1 is 1.00 bits per heavy atom. The van der Waals surface area contributed by atoms with Crippen LogP contribution in [0.15, 0.2) is 59.7 Å². The van der Waals surface area contributed by atoms with Crippen LogP contribution in [0, 0.1) is 0 Å². The molecule has 0 aromatic heterocycles. The Bertz CT molecular complexity index is 521. The van der Waals surface area contributed by atoms with Gasteiger partial charge in [-0.2, -0.15) is 5.10 Å². The average molecular weight is 242 g/mol. The molecule has 2 aromatic rings. The first kappa shape index (κ1) is 12.1. The quantitative estimate of drug-likeness (QED) is 0.437. The number of phenolic OH excluding ortho intramolecular Hbond substituents is 1. The van der Waals surface area contributed by atoms with E-state index in [4.69, 9.17) is 5.11 Å². The number of hydrogen-bond acceptors (Lipinski definition) is 4. The standard InChI is InChI=1S/C14H14N2O2/c17-10-14(11-4-2-1-3-5-11)16-15-12-6-8-13(18)9-7-12/h1-9,15,17-18H,10H2. The molecule has 2 rings (SSSR count). The van der Waals surface area contributed by atoms with Crippen LogP contribution >= 0.6 is 0 Å². The van der Waals surface area contributed by atoms with Crippen LogP contribution in [0.1, 0.15) is 5.56 Å². The average Bonchev–Trinajstić information content (AvgIpc) is 2.43. The molecule has 0 saturated heterocycles. The van der Waals surface area contributed by atoms with Gasteiger partial charge in [0.15, 0.2) is 0 Å². The SMILES string of the molecule is OCC(=NNc1ccc(O)cc1)c1ccccc1. The van der Waals surface area contributed by atoms with Crippen molar-refractivity contribution in [2.24, 2.45) is 5.10 Å². The Hall–Kier alpha value is -2.33. The van der Waals surface area contributed by atoms with E-state index in [1.807, 2.05) is 30.3 Å². The van der Waals surface area contributed by atoms with E-state index in [0.717, 1.165) is 11.3 Å². The van der Waals surface area contributed by atoms with Gasteiger partial charge in [-0.25, -0.2) is 0 Å². The predicted octanol–water partition coefficient (Wildman–Crippen LogP) is 2.20. The summed E-state index contributed by atoms with van der Waals surface area (Å²) in [5.74, 6) is 0.204. The third kappa shape index (κ3) is 3.09. The zero-order chi connectivity index (χ0) is 12.8. The number of aliphatic hydroxyl groups excluding tert-OH is 1. The van der Waals surface area contributed by atoms with Crippen LogP contribution in [0.3, 0.4) is 0 Å². The molecule has 0 spiro atoms. The van der Waals surface area contributed by atoms with E-state index < -0.39 is 0 Å². The fourth-order valence-electron chi connectivity index (χ4n) is 1.49. The summed E-state index contributed by atoms with van der Waals surface area (Å²) in [5, 5.41) is 22.6. The number of rotatable bonds is 4. The first-order valence-corrected chi connectivity index (χ1v) is 5.57. The topological polar surface area (TPSA) is 64.9 Å². The summed E-state index contributed by atoms with van der Waals surface area (Å²) in [7, 11) is 0. The van der Waals surface area contributed by atoms with Crippen LogP contribution in [-0.4, -0.2) is 22.5 Å². The number of aliphatic hydroxyl groups is 1. The smallest absolute Gasteiger partial charge is 0.115 e. The summed E-state index contributed by atoms with van der Waals surface area (Å²) in [5.41, 5.74) is 5.01. The van der Waals surface area contributed by atoms with Crippen LogP contribution in [0.2, 0.25) is 0 Å². The lowest BCUT2D eigenvalue weighted by Gasteiger charge is -2.05. The molecule has 0 aliphatic heterocycles. The van der Waals surface area contributed by atoms with E-state index >= 15 is 0 Å². The maximum absolute atomic E-state index is 9.29. The molecule has 2 aromatic carbocycles. The molecular formula is C14H14N2O2. The van der Waals surface area contributed by atoms with Gasteiger partial charge < -0.3 is 10.2 Å². The van der Waals surface area contributed by atoms with Crippen molar-refractivity contribution in [1.82, 2.24) is 0 Å². The van der Waals surface area contributed by atoms with Gasteiger partial charge in [-0.05, 0) is 24.3 Å². The fraction of sp³-hybridized carbons (Fsp3) is 0.0714. The highest BCUT2D eigenvalue weighted by Gasteiger charge is 2.00. The van der Waals surface area contributed by atoms with Crippen LogP contribution in [0.4, 0.5) is 5.69 Å². The highest BCUT2D eigenvalue weighted by atomic mass is 16.3. The third-order valence-electron chi connectivity index (χ3n) is 2.44. The van der Waals surface area contributed by atoms with Gasteiger partial charge in [0.2, 0.25) is 0 Å².